The summed E-state index contributed by atoms with van der Waals surface area (Å²) in [7, 11) is 0. The summed E-state index contributed by atoms with van der Waals surface area (Å²) in [6, 6.07) is 31.5. The van der Waals surface area contributed by atoms with Crippen LogP contribution in [0.2, 0.25) is 0 Å². The maximum Gasteiger partial charge on any atom is 0.325 e. The van der Waals surface area contributed by atoms with Gasteiger partial charge in [0.1, 0.15) is 6.54 Å². The first-order chi connectivity index (χ1) is 16.5. The van der Waals surface area contributed by atoms with E-state index in [0.717, 1.165) is 21.2 Å². The number of amides is 4. The second-order valence-corrected chi connectivity index (χ2v) is 8.37. The molecule has 0 unspecified atom stereocenters. The molecule has 4 aromatic carbocycles. The molecule has 1 saturated heterocycles. The minimum Gasteiger partial charge on any atom is -0.325 e. The topological polar surface area (TPSA) is 78.5 Å². The highest BCUT2D eigenvalue weighted by Crippen LogP contribution is 2.33. The van der Waals surface area contributed by atoms with Crippen molar-refractivity contribution in [2.24, 2.45) is 0 Å². The number of hydrogen-bond acceptors (Lipinski definition) is 3. The van der Waals surface area contributed by atoms with Gasteiger partial charge < -0.3 is 10.6 Å². The first-order valence-corrected chi connectivity index (χ1v) is 11.1. The summed E-state index contributed by atoms with van der Waals surface area (Å²) in [5.74, 6) is -0.886. The van der Waals surface area contributed by atoms with Gasteiger partial charge in [-0.15, -0.1) is 0 Å². The largest absolute Gasteiger partial charge is 0.325 e. The fourth-order valence-electron chi connectivity index (χ4n) is 4.42. The van der Waals surface area contributed by atoms with E-state index in [1.54, 1.807) is 6.07 Å². The van der Waals surface area contributed by atoms with E-state index >= 15 is 0 Å². The highest BCUT2D eigenvalue weighted by molar-refractivity contribution is 6.10. The molecule has 2 N–H and O–H groups in total. The van der Waals surface area contributed by atoms with E-state index in [9.17, 15) is 14.4 Å². The van der Waals surface area contributed by atoms with Crippen molar-refractivity contribution in [2.45, 2.75) is 12.0 Å². The fourth-order valence-corrected chi connectivity index (χ4v) is 4.42. The maximum atomic E-state index is 13.7. The second-order valence-electron chi connectivity index (χ2n) is 8.37. The van der Waals surface area contributed by atoms with Crippen LogP contribution in [0.15, 0.2) is 103 Å². The predicted octanol–water partition coefficient (Wildman–Crippen LogP) is 4.47. The first kappa shape index (κ1) is 21.4. The Hall–Kier alpha value is -4.45. The molecule has 1 fully saturated rings. The van der Waals surface area contributed by atoms with Crippen LogP contribution in [-0.2, 0) is 21.5 Å². The molecule has 1 atom stereocenters. The standard InChI is InChI=1S/C28H23N3O3/c32-25(29-24-16-15-21-11-7-8-12-22(21)17-24)19-31-26(33)28(30-27(31)34,23-13-5-2-6-14-23)18-20-9-3-1-4-10-20/h1-17H,18-19H2,(H,29,32)(H,30,34)/t28-/m0/s1. The normalized spacial score (nSPS) is 17.6. The molecule has 4 amide bonds. The molecule has 0 aromatic heterocycles. The Balaban J connectivity index is 1.39. The van der Waals surface area contributed by atoms with E-state index in [0.29, 0.717) is 11.3 Å². The molecule has 4 aromatic rings. The van der Waals surface area contributed by atoms with Gasteiger partial charge in [-0.3, -0.25) is 14.5 Å². The third-order valence-corrected chi connectivity index (χ3v) is 6.09. The molecule has 6 nitrogen and oxygen atoms in total. The number of rotatable bonds is 6. The predicted molar refractivity (Wildman–Crippen MR) is 131 cm³/mol. The van der Waals surface area contributed by atoms with E-state index in [-0.39, 0.29) is 13.0 Å². The second kappa shape index (κ2) is 8.83. The number of carbonyl (C=O) groups excluding carboxylic acids is 3. The van der Waals surface area contributed by atoms with Gasteiger partial charge in [-0.25, -0.2) is 4.79 Å². The van der Waals surface area contributed by atoms with Gasteiger partial charge >= 0.3 is 6.03 Å². The van der Waals surface area contributed by atoms with Crippen molar-refractivity contribution in [3.63, 3.8) is 0 Å². The van der Waals surface area contributed by atoms with Crippen molar-refractivity contribution in [3.05, 3.63) is 114 Å². The first-order valence-electron chi connectivity index (χ1n) is 11.1. The van der Waals surface area contributed by atoms with Crippen molar-refractivity contribution in [3.8, 4) is 0 Å². The van der Waals surface area contributed by atoms with Gasteiger partial charge in [0.15, 0.2) is 5.54 Å². The Morgan fingerprint density at radius 2 is 1.44 bits per heavy atom. The Kier molecular flexibility index (Phi) is 5.55. The van der Waals surface area contributed by atoms with E-state index in [1.807, 2.05) is 97.1 Å². The number of carbonyl (C=O) groups is 3. The lowest BCUT2D eigenvalue weighted by molar-refractivity contribution is -0.134. The van der Waals surface area contributed by atoms with E-state index in [4.69, 9.17) is 0 Å². The van der Waals surface area contributed by atoms with Crippen molar-refractivity contribution in [1.29, 1.82) is 0 Å². The fraction of sp³-hybridized carbons (Fsp3) is 0.107. The maximum absolute atomic E-state index is 13.7. The molecule has 5 rings (SSSR count). The molecule has 168 valence electrons. The van der Waals surface area contributed by atoms with E-state index in [2.05, 4.69) is 10.6 Å². The van der Waals surface area contributed by atoms with Crippen molar-refractivity contribution >= 4 is 34.3 Å². The number of urea groups is 1. The van der Waals surface area contributed by atoms with Crippen LogP contribution in [0.4, 0.5) is 10.5 Å². The zero-order valence-electron chi connectivity index (χ0n) is 18.4. The van der Waals surface area contributed by atoms with Crippen LogP contribution in [0.25, 0.3) is 10.8 Å². The van der Waals surface area contributed by atoms with Crippen LogP contribution < -0.4 is 10.6 Å². The molecule has 0 aliphatic carbocycles. The van der Waals surface area contributed by atoms with Gasteiger partial charge in [0, 0.05) is 12.1 Å². The zero-order valence-corrected chi connectivity index (χ0v) is 18.4. The van der Waals surface area contributed by atoms with Crippen LogP contribution in [0, 0.1) is 0 Å². The van der Waals surface area contributed by atoms with E-state index < -0.39 is 23.4 Å². The third kappa shape index (κ3) is 4.01. The van der Waals surface area contributed by atoms with Gasteiger partial charge in [0.05, 0.1) is 0 Å². The highest BCUT2D eigenvalue weighted by atomic mass is 16.2. The summed E-state index contributed by atoms with van der Waals surface area (Å²) < 4.78 is 0. The number of nitrogens with one attached hydrogen (secondary N) is 2. The minimum absolute atomic E-state index is 0.283. The zero-order chi connectivity index (χ0) is 23.5. The van der Waals surface area contributed by atoms with Gasteiger partial charge in [0.25, 0.3) is 5.91 Å². The molecule has 1 aliphatic heterocycles. The van der Waals surface area contributed by atoms with Crippen molar-refractivity contribution < 1.29 is 14.4 Å². The summed E-state index contributed by atoms with van der Waals surface area (Å²) in [4.78, 5) is 40.4. The van der Waals surface area contributed by atoms with Crippen LogP contribution >= 0.6 is 0 Å². The van der Waals surface area contributed by atoms with Gasteiger partial charge in [-0.05, 0) is 34.0 Å². The molecule has 0 bridgehead atoms. The molecule has 0 spiro atoms. The number of benzene rings is 4. The Bertz CT molecular complexity index is 1370. The van der Waals surface area contributed by atoms with Crippen LogP contribution in [0.5, 0.6) is 0 Å². The van der Waals surface area contributed by atoms with Gasteiger partial charge in [-0.1, -0.05) is 91.0 Å². The molecule has 0 radical (unpaired) electrons. The summed E-state index contributed by atoms with van der Waals surface area (Å²) in [5.41, 5.74) is 0.912. The SMILES string of the molecule is O=C(CN1C(=O)N[C@@](Cc2ccccc2)(c2ccccc2)C1=O)Nc1ccc2ccccc2c1. The quantitative estimate of drug-likeness (QED) is 0.427. The third-order valence-electron chi connectivity index (χ3n) is 6.09. The lowest BCUT2D eigenvalue weighted by Crippen LogP contribution is -2.46. The van der Waals surface area contributed by atoms with E-state index in [1.165, 1.54) is 0 Å². The Labute approximate surface area is 197 Å². The summed E-state index contributed by atoms with van der Waals surface area (Å²) in [5, 5.41) is 7.73. The number of hydrogen-bond donors (Lipinski definition) is 2. The van der Waals surface area contributed by atoms with Gasteiger partial charge in [0.2, 0.25) is 5.91 Å². The number of fused-ring (bicyclic) bond motifs is 1. The lowest BCUT2D eigenvalue weighted by Gasteiger charge is -2.27. The average Bonchev–Trinajstić information content (AvgIpc) is 3.10. The van der Waals surface area contributed by atoms with Crippen molar-refractivity contribution in [2.75, 3.05) is 11.9 Å². The Morgan fingerprint density at radius 1 is 0.794 bits per heavy atom. The average molecular weight is 450 g/mol. The molecule has 6 heteroatoms. The number of imide groups is 1. The minimum atomic E-state index is -1.27. The number of nitrogens with zero attached hydrogens (tertiary/aromatic N) is 1. The van der Waals surface area contributed by atoms with Crippen LogP contribution in [0.3, 0.4) is 0 Å². The van der Waals surface area contributed by atoms with Crippen LogP contribution in [-0.4, -0.2) is 29.3 Å². The molecular formula is C28H23N3O3. The smallest absolute Gasteiger partial charge is 0.325 e. The molecule has 1 aliphatic rings. The summed E-state index contributed by atoms with van der Waals surface area (Å²) in [6.07, 6.45) is 0.283. The molecule has 34 heavy (non-hydrogen) atoms. The lowest BCUT2D eigenvalue weighted by atomic mass is 9.83. The Morgan fingerprint density at radius 3 is 2.18 bits per heavy atom. The summed E-state index contributed by atoms with van der Waals surface area (Å²) in [6.45, 7) is -0.374. The molecule has 1 heterocycles. The molecular weight excluding hydrogens is 426 g/mol. The monoisotopic (exact) mass is 449 g/mol. The summed E-state index contributed by atoms with van der Waals surface area (Å²) >= 11 is 0. The highest BCUT2D eigenvalue weighted by Gasteiger charge is 2.52. The van der Waals surface area contributed by atoms with Gasteiger partial charge in [-0.2, -0.15) is 0 Å². The molecule has 0 saturated carbocycles. The van der Waals surface area contributed by atoms with Crippen LogP contribution in [0.1, 0.15) is 11.1 Å². The van der Waals surface area contributed by atoms with Crippen molar-refractivity contribution in [1.82, 2.24) is 10.2 Å². The number of anilines is 1.